The number of amides is 1. The van der Waals surface area contributed by atoms with Gasteiger partial charge in [0.05, 0.1) is 6.61 Å². The fourth-order valence-corrected chi connectivity index (χ4v) is 1.79. The van der Waals surface area contributed by atoms with Gasteiger partial charge in [-0.1, -0.05) is 19.1 Å². The van der Waals surface area contributed by atoms with Gasteiger partial charge in [0.15, 0.2) is 18.1 Å². The minimum Gasteiger partial charge on any atom is -0.490 e. The fourth-order valence-electron chi connectivity index (χ4n) is 1.79. The van der Waals surface area contributed by atoms with Crippen LogP contribution >= 0.6 is 0 Å². The van der Waals surface area contributed by atoms with Crippen molar-refractivity contribution in [2.75, 3.05) is 20.3 Å². The fraction of sp³-hybridized carbons (Fsp3) is 0.533. The van der Waals surface area contributed by atoms with Gasteiger partial charge in [0.25, 0.3) is 5.91 Å². The lowest BCUT2D eigenvalue weighted by molar-refractivity contribution is -0.122. The van der Waals surface area contributed by atoms with E-state index in [0.717, 1.165) is 12.0 Å². The van der Waals surface area contributed by atoms with Gasteiger partial charge in [0.2, 0.25) is 0 Å². The van der Waals surface area contributed by atoms with E-state index in [1.165, 1.54) is 0 Å². The van der Waals surface area contributed by atoms with Crippen molar-refractivity contribution >= 4 is 5.91 Å². The highest BCUT2D eigenvalue weighted by molar-refractivity contribution is 5.77. The molecule has 0 aromatic heterocycles. The standard InChI is InChI=1S/C15H24N2O3/c1-4-12(16)9-11-7-6-8-13(19-5-2)15(11)20-10-14(18)17-3/h6-8,12H,4-5,9-10,16H2,1-3H3,(H,17,18). The predicted molar refractivity (Wildman–Crippen MR) is 79.1 cm³/mol. The number of hydrogen-bond donors (Lipinski definition) is 2. The van der Waals surface area contributed by atoms with Gasteiger partial charge < -0.3 is 20.5 Å². The zero-order valence-electron chi connectivity index (χ0n) is 12.4. The normalized spacial score (nSPS) is 11.8. The molecule has 0 aliphatic rings. The second-order valence-electron chi connectivity index (χ2n) is 4.51. The molecular weight excluding hydrogens is 256 g/mol. The van der Waals surface area contributed by atoms with Crippen LogP contribution in [-0.2, 0) is 11.2 Å². The molecule has 20 heavy (non-hydrogen) atoms. The maximum atomic E-state index is 11.3. The highest BCUT2D eigenvalue weighted by Gasteiger charge is 2.14. The Morgan fingerprint density at radius 3 is 2.70 bits per heavy atom. The van der Waals surface area contributed by atoms with Crippen molar-refractivity contribution in [2.24, 2.45) is 5.73 Å². The van der Waals surface area contributed by atoms with Crippen LogP contribution in [-0.4, -0.2) is 32.2 Å². The number of carbonyl (C=O) groups is 1. The molecule has 1 amide bonds. The Hall–Kier alpha value is -1.75. The van der Waals surface area contributed by atoms with Crippen LogP contribution in [0.2, 0.25) is 0 Å². The average Bonchev–Trinajstić information content (AvgIpc) is 2.46. The number of nitrogens with two attached hydrogens (primary N) is 1. The summed E-state index contributed by atoms with van der Waals surface area (Å²) >= 11 is 0. The Morgan fingerprint density at radius 2 is 2.10 bits per heavy atom. The monoisotopic (exact) mass is 280 g/mol. The van der Waals surface area contributed by atoms with Crippen LogP contribution < -0.4 is 20.5 Å². The highest BCUT2D eigenvalue weighted by Crippen LogP contribution is 2.32. The number of likely N-dealkylation sites (N-methyl/N-ethyl adjacent to an activating group) is 1. The minimum absolute atomic E-state index is 0.0328. The van der Waals surface area contributed by atoms with Crippen LogP contribution in [0.1, 0.15) is 25.8 Å². The molecule has 0 saturated heterocycles. The summed E-state index contributed by atoms with van der Waals surface area (Å²) in [6.45, 7) is 4.46. The SMILES string of the molecule is CCOc1cccc(CC(N)CC)c1OCC(=O)NC. The van der Waals surface area contributed by atoms with Gasteiger partial charge in [-0.05, 0) is 31.4 Å². The summed E-state index contributed by atoms with van der Waals surface area (Å²) in [6.07, 6.45) is 1.58. The van der Waals surface area contributed by atoms with Gasteiger partial charge in [-0.3, -0.25) is 4.79 Å². The van der Waals surface area contributed by atoms with Crippen molar-refractivity contribution in [1.82, 2.24) is 5.32 Å². The number of hydrogen-bond acceptors (Lipinski definition) is 4. The third-order valence-corrected chi connectivity index (χ3v) is 2.99. The molecule has 0 radical (unpaired) electrons. The zero-order valence-corrected chi connectivity index (χ0v) is 12.4. The Kier molecular flexibility index (Phi) is 6.87. The highest BCUT2D eigenvalue weighted by atomic mass is 16.5. The van der Waals surface area contributed by atoms with Gasteiger partial charge in [0.1, 0.15) is 0 Å². The molecule has 0 bridgehead atoms. The summed E-state index contributed by atoms with van der Waals surface area (Å²) in [5, 5.41) is 2.53. The van der Waals surface area contributed by atoms with E-state index in [-0.39, 0.29) is 18.6 Å². The summed E-state index contributed by atoms with van der Waals surface area (Å²) < 4.78 is 11.2. The van der Waals surface area contributed by atoms with E-state index in [4.69, 9.17) is 15.2 Å². The Morgan fingerprint density at radius 1 is 1.35 bits per heavy atom. The van der Waals surface area contributed by atoms with E-state index in [0.29, 0.717) is 24.5 Å². The van der Waals surface area contributed by atoms with Crippen molar-refractivity contribution in [3.63, 3.8) is 0 Å². The van der Waals surface area contributed by atoms with Crippen LogP contribution in [0.5, 0.6) is 11.5 Å². The predicted octanol–water partition coefficient (Wildman–Crippen LogP) is 1.49. The van der Waals surface area contributed by atoms with E-state index in [9.17, 15) is 4.79 Å². The quantitative estimate of drug-likeness (QED) is 0.756. The van der Waals surface area contributed by atoms with Crippen LogP contribution in [0.25, 0.3) is 0 Å². The molecule has 5 nitrogen and oxygen atoms in total. The molecule has 1 unspecified atom stereocenters. The molecule has 1 rings (SSSR count). The molecular formula is C15H24N2O3. The molecule has 0 heterocycles. The summed E-state index contributed by atoms with van der Waals surface area (Å²) in [4.78, 5) is 11.3. The van der Waals surface area contributed by atoms with E-state index < -0.39 is 0 Å². The van der Waals surface area contributed by atoms with Crippen molar-refractivity contribution in [3.05, 3.63) is 23.8 Å². The third kappa shape index (κ3) is 4.74. The van der Waals surface area contributed by atoms with Gasteiger partial charge in [-0.15, -0.1) is 0 Å². The lowest BCUT2D eigenvalue weighted by Crippen LogP contribution is -2.26. The first-order chi connectivity index (χ1) is 9.62. The number of ether oxygens (including phenoxy) is 2. The Balaban J connectivity index is 2.96. The van der Waals surface area contributed by atoms with Crippen LogP contribution in [0.4, 0.5) is 0 Å². The first kappa shape index (κ1) is 16.3. The van der Waals surface area contributed by atoms with E-state index in [2.05, 4.69) is 5.32 Å². The number of nitrogens with one attached hydrogen (secondary N) is 1. The van der Waals surface area contributed by atoms with Crippen molar-refractivity contribution in [3.8, 4) is 11.5 Å². The first-order valence-electron chi connectivity index (χ1n) is 6.95. The molecule has 3 N–H and O–H groups in total. The third-order valence-electron chi connectivity index (χ3n) is 2.99. The second kappa shape index (κ2) is 8.43. The number of benzene rings is 1. The van der Waals surface area contributed by atoms with Crippen LogP contribution in [0.3, 0.4) is 0 Å². The van der Waals surface area contributed by atoms with Crippen LogP contribution in [0, 0.1) is 0 Å². The summed E-state index contributed by atoms with van der Waals surface area (Å²) in [6, 6.07) is 5.77. The zero-order chi connectivity index (χ0) is 15.0. The number of carbonyl (C=O) groups excluding carboxylic acids is 1. The molecule has 5 heteroatoms. The molecule has 0 aliphatic heterocycles. The molecule has 1 aromatic rings. The number of para-hydroxylation sites is 1. The molecule has 0 aliphatic carbocycles. The van der Waals surface area contributed by atoms with E-state index in [1.807, 2.05) is 32.0 Å². The van der Waals surface area contributed by atoms with Gasteiger partial charge in [0, 0.05) is 13.1 Å². The summed E-state index contributed by atoms with van der Waals surface area (Å²) in [5.74, 6) is 1.08. The van der Waals surface area contributed by atoms with E-state index >= 15 is 0 Å². The van der Waals surface area contributed by atoms with E-state index in [1.54, 1.807) is 7.05 Å². The first-order valence-corrected chi connectivity index (χ1v) is 6.95. The van der Waals surface area contributed by atoms with Crippen molar-refractivity contribution < 1.29 is 14.3 Å². The molecule has 0 spiro atoms. The Labute approximate surface area is 120 Å². The van der Waals surface area contributed by atoms with Gasteiger partial charge in [-0.25, -0.2) is 0 Å². The van der Waals surface area contributed by atoms with Crippen molar-refractivity contribution in [1.29, 1.82) is 0 Å². The maximum absolute atomic E-state index is 11.3. The summed E-state index contributed by atoms with van der Waals surface area (Å²) in [5.41, 5.74) is 6.97. The minimum atomic E-state index is -0.179. The largest absolute Gasteiger partial charge is 0.490 e. The smallest absolute Gasteiger partial charge is 0.257 e. The maximum Gasteiger partial charge on any atom is 0.257 e. The Bertz CT molecular complexity index is 435. The molecule has 112 valence electrons. The van der Waals surface area contributed by atoms with Gasteiger partial charge >= 0.3 is 0 Å². The lowest BCUT2D eigenvalue weighted by atomic mass is 10.0. The molecule has 1 aromatic carbocycles. The molecule has 0 saturated carbocycles. The topological polar surface area (TPSA) is 73.6 Å². The van der Waals surface area contributed by atoms with Crippen LogP contribution in [0.15, 0.2) is 18.2 Å². The van der Waals surface area contributed by atoms with Crippen molar-refractivity contribution in [2.45, 2.75) is 32.7 Å². The number of rotatable bonds is 8. The lowest BCUT2D eigenvalue weighted by Gasteiger charge is -2.17. The summed E-state index contributed by atoms with van der Waals surface area (Å²) in [7, 11) is 1.58. The average molecular weight is 280 g/mol. The van der Waals surface area contributed by atoms with Gasteiger partial charge in [-0.2, -0.15) is 0 Å². The molecule has 0 fully saturated rings. The molecule has 1 atom stereocenters. The second-order valence-corrected chi connectivity index (χ2v) is 4.51.